The average Bonchev–Trinajstić information content (AvgIpc) is 2.92. The summed E-state index contributed by atoms with van der Waals surface area (Å²) in [4.78, 5) is 4.75. The lowest BCUT2D eigenvalue weighted by atomic mass is 10.1. The van der Waals surface area contributed by atoms with E-state index in [0.717, 1.165) is 36.5 Å². The van der Waals surface area contributed by atoms with Crippen LogP contribution in [-0.4, -0.2) is 9.55 Å². The Morgan fingerprint density at radius 3 is 2.80 bits per heavy atom. The lowest BCUT2D eigenvalue weighted by molar-refractivity contribution is 0.451. The van der Waals surface area contributed by atoms with E-state index in [0.29, 0.717) is 0 Å². The van der Waals surface area contributed by atoms with Crippen LogP contribution in [0.5, 0.6) is 0 Å². The number of hydrogen-bond donors (Lipinski definition) is 1. The molecule has 1 aliphatic rings. The lowest BCUT2D eigenvalue weighted by Crippen LogP contribution is -2.21. The molecule has 2 heterocycles. The van der Waals surface area contributed by atoms with Crippen molar-refractivity contribution in [3.8, 4) is 11.3 Å². The molecule has 0 radical (unpaired) electrons. The second-order valence-electron chi connectivity index (χ2n) is 5.49. The van der Waals surface area contributed by atoms with E-state index in [9.17, 15) is 0 Å². The van der Waals surface area contributed by atoms with E-state index in [1.54, 1.807) is 0 Å². The van der Waals surface area contributed by atoms with Crippen molar-refractivity contribution in [2.24, 2.45) is 5.73 Å². The predicted octanol–water partition coefficient (Wildman–Crippen LogP) is 3.50. The van der Waals surface area contributed by atoms with E-state index < -0.39 is 0 Å². The van der Waals surface area contributed by atoms with Gasteiger partial charge in [-0.25, -0.2) is 4.98 Å². The highest BCUT2D eigenvalue weighted by Gasteiger charge is 2.19. The Kier molecular flexibility index (Phi) is 2.60. The van der Waals surface area contributed by atoms with Gasteiger partial charge in [-0.2, -0.15) is 0 Å². The van der Waals surface area contributed by atoms with Gasteiger partial charge in [-0.15, -0.1) is 0 Å². The fourth-order valence-electron chi connectivity index (χ4n) is 3.00. The van der Waals surface area contributed by atoms with Gasteiger partial charge in [0.2, 0.25) is 0 Å². The fourth-order valence-corrected chi connectivity index (χ4v) is 3.00. The Morgan fingerprint density at radius 2 is 1.95 bits per heavy atom. The number of rotatable bonds is 1. The van der Waals surface area contributed by atoms with Gasteiger partial charge in [-0.05, 0) is 29.7 Å². The van der Waals surface area contributed by atoms with Crippen molar-refractivity contribution < 1.29 is 0 Å². The van der Waals surface area contributed by atoms with Gasteiger partial charge >= 0.3 is 0 Å². The molecule has 20 heavy (non-hydrogen) atoms. The Balaban J connectivity index is 1.83. The third-order valence-corrected chi connectivity index (χ3v) is 4.10. The number of nitrogens with two attached hydrogens (primary N) is 1. The number of nitrogens with zero attached hydrogens (tertiary/aromatic N) is 2. The maximum atomic E-state index is 6.14. The summed E-state index contributed by atoms with van der Waals surface area (Å²) < 4.78 is 2.21. The molecule has 0 aliphatic carbocycles. The van der Waals surface area contributed by atoms with Gasteiger partial charge in [-0.3, -0.25) is 0 Å². The molecule has 1 aliphatic heterocycles. The predicted molar refractivity (Wildman–Crippen MR) is 81.3 cm³/mol. The second-order valence-corrected chi connectivity index (χ2v) is 5.49. The van der Waals surface area contributed by atoms with Crippen molar-refractivity contribution in [3.63, 3.8) is 0 Å². The third kappa shape index (κ3) is 1.82. The average molecular weight is 263 g/mol. The number of benzene rings is 2. The van der Waals surface area contributed by atoms with Crippen molar-refractivity contribution in [2.45, 2.75) is 25.4 Å². The van der Waals surface area contributed by atoms with Crippen LogP contribution in [0.3, 0.4) is 0 Å². The number of aromatic nitrogens is 2. The fraction of sp³-hybridized carbons (Fsp3) is 0.235. The van der Waals surface area contributed by atoms with Crippen molar-refractivity contribution in [3.05, 3.63) is 54.5 Å². The molecule has 100 valence electrons. The molecule has 0 spiro atoms. The molecule has 0 bridgehead atoms. The topological polar surface area (TPSA) is 43.8 Å². The molecule has 1 aromatic heterocycles. The molecule has 2 aromatic carbocycles. The van der Waals surface area contributed by atoms with Gasteiger partial charge in [0.05, 0.1) is 11.7 Å². The molecule has 1 unspecified atom stereocenters. The van der Waals surface area contributed by atoms with E-state index in [4.69, 9.17) is 10.7 Å². The van der Waals surface area contributed by atoms with E-state index in [1.165, 1.54) is 10.8 Å². The van der Waals surface area contributed by atoms with Gasteiger partial charge < -0.3 is 10.3 Å². The van der Waals surface area contributed by atoms with Crippen LogP contribution in [-0.2, 0) is 6.54 Å². The summed E-state index contributed by atoms with van der Waals surface area (Å²) in [7, 11) is 0. The van der Waals surface area contributed by atoms with E-state index >= 15 is 0 Å². The van der Waals surface area contributed by atoms with Gasteiger partial charge in [-0.1, -0.05) is 36.4 Å². The zero-order valence-corrected chi connectivity index (χ0v) is 11.3. The standard InChI is InChI=1S/C17H17N3/c18-15-6-3-9-20-11-16(19-17(15)20)14-8-7-12-4-1-2-5-13(12)10-14/h1-2,4-5,7-8,10-11,15H,3,6,9,18H2. The zero-order valence-electron chi connectivity index (χ0n) is 11.3. The van der Waals surface area contributed by atoms with Crippen LogP contribution in [0, 0.1) is 0 Å². The molecular weight excluding hydrogens is 246 g/mol. The molecule has 0 fully saturated rings. The maximum Gasteiger partial charge on any atom is 0.126 e. The van der Waals surface area contributed by atoms with Crippen molar-refractivity contribution in [1.82, 2.24) is 9.55 Å². The van der Waals surface area contributed by atoms with Crippen LogP contribution in [0.1, 0.15) is 24.7 Å². The minimum absolute atomic E-state index is 0.0814. The normalized spacial score (nSPS) is 18.1. The summed E-state index contributed by atoms with van der Waals surface area (Å²) in [5, 5.41) is 2.51. The molecule has 0 saturated heterocycles. The van der Waals surface area contributed by atoms with Crippen molar-refractivity contribution in [2.75, 3.05) is 0 Å². The number of imidazole rings is 1. The van der Waals surface area contributed by atoms with Gasteiger partial charge in [0.25, 0.3) is 0 Å². The Bertz CT molecular complexity index is 773. The first-order valence-electron chi connectivity index (χ1n) is 7.13. The summed E-state index contributed by atoms with van der Waals surface area (Å²) >= 11 is 0. The monoisotopic (exact) mass is 263 g/mol. The van der Waals surface area contributed by atoms with Gasteiger partial charge in [0.1, 0.15) is 5.82 Å². The molecule has 3 heteroatoms. The number of hydrogen-bond acceptors (Lipinski definition) is 2. The molecule has 1 atom stereocenters. The van der Waals surface area contributed by atoms with E-state index in [2.05, 4.69) is 53.2 Å². The minimum Gasteiger partial charge on any atom is -0.333 e. The highest BCUT2D eigenvalue weighted by molar-refractivity contribution is 5.86. The van der Waals surface area contributed by atoms with E-state index in [1.807, 2.05) is 0 Å². The van der Waals surface area contributed by atoms with Crippen LogP contribution in [0.15, 0.2) is 48.7 Å². The molecular formula is C17H17N3. The van der Waals surface area contributed by atoms with Crippen LogP contribution in [0.25, 0.3) is 22.0 Å². The molecule has 3 nitrogen and oxygen atoms in total. The highest BCUT2D eigenvalue weighted by atomic mass is 15.1. The SMILES string of the molecule is NC1CCCn2cc(-c3ccc4ccccc4c3)nc21. The van der Waals surface area contributed by atoms with Crippen molar-refractivity contribution >= 4 is 10.8 Å². The summed E-state index contributed by atoms with van der Waals surface area (Å²) in [6.45, 7) is 1.03. The smallest absolute Gasteiger partial charge is 0.126 e. The van der Waals surface area contributed by atoms with Crippen LogP contribution < -0.4 is 5.73 Å². The summed E-state index contributed by atoms with van der Waals surface area (Å²) in [6, 6.07) is 15.0. The van der Waals surface area contributed by atoms with Crippen LogP contribution >= 0.6 is 0 Å². The van der Waals surface area contributed by atoms with Crippen LogP contribution in [0.4, 0.5) is 0 Å². The zero-order chi connectivity index (χ0) is 13.5. The lowest BCUT2D eigenvalue weighted by Gasteiger charge is -2.19. The quantitative estimate of drug-likeness (QED) is 0.730. The number of aryl methyl sites for hydroxylation is 1. The second kappa shape index (κ2) is 4.46. The Labute approximate surface area is 118 Å². The molecule has 4 rings (SSSR count). The Morgan fingerprint density at radius 1 is 1.10 bits per heavy atom. The van der Waals surface area contributed by atoms with E-state index in [-0.39, 0.29) is 6.04 Å². The molecule has 0 amide bonds. The summed E-state index contributed by atoms with van der Waals surface area (Å²) in [5.41, 5.74) is 8.34. The molecule has 0 saturated carbocycles. The number of fused-ring (bicyclic) bond motifs is 2. The first kappa shape index (κ1) is 11.7. The molecule has 2 N–H and O–H groups in total. The summed E-state index contributed by atoms with van der Waals surface area (Å²) in [6.07, 6.45) is 4.31. The first-order valence-corrected chi connectivity index (χ1v) is 7.13. The Hall–Kier alpha value is -2.13. The van der Waals surface area contributed by atoms with Gasteiger partial charge in [0.15, 0.2) is 0 Å². The van der Waals surface area contributed by atoms with Gasteiger partial charge in [0, 0.05) is 18.3 Å². The third-order valence-electron chi connectivity index (χ3n) is 4.10. The molecule has 3 aromatic rings. The van der Waals surface area contributed by atoms with Crippen LogP contribution in [0.2, 0.25) is 0 Å². The largest absolute Gasteiger partial charge is 0.333 e. The highest BCUT2D eigenvalue weighted by Crippen LogP contribution is 2.28. The first-order chi connectivity index (χ1) is 9.81. The minimum atomic E-state index is 0.0814. The maximum absolute atomic E-state index is 6.14. The van der Waals surface area contributed by atoms with Crippen molar-refractivity contribution in [1.29, 1.82) is 0 Å². The summed E-state index contributed by atoms with van der Waals surface area (Å²) in [5.74, 6) is 1.03.